The average molecular weight is 291 g/mol. The van der Waals surface area contributed by atoms with Crippen LogP contribution >= 0.6 is 11.6 Å². The second-order valence-corrected chi connectivity index (χ2v) is 6.65. The smallest absolute Gasteiger partial charge is 0.0748 e. The molecule has 2 nitrogen and oxygen atoms in total. The molecule has 1 heterocycles. The summed E-state index contributed by atoms with van der Waals surface area (Å²) in [7, 11) is 0. The van der Waals surface area contributed by atoms with Crippen molar-refractivity contribution in [2.45, 2.75) is 45.6 Å². The third-order valence-corrected chi connectivity index (χ3v) is 3.66. The minimum atomic E-state index is 0.203. The number of nitrogens with one attached hydrogen (secondary N) is 1. The molecular weight excluding hydrogens is 268 g/mol. The van der Waals surface area contributed by atoms with Crippen LogP contribution in [0.2, 0.25) is 5.02 Å². The highest BCUT2D eigenvalue weighted by Gasteiger charge is 2.08. The number of hydrogen-bond donors (Lipinski definition) is 1. The molecule has 0 aliphatic heterocycles. The fourth-order valence-corrected chi connectivity index (χ4v) is 2.52. The Morgan fingerprint density at radius 1 is 1.15 bits per heavy atom. The van der Waals surface area contributed by atoms with E-state index in [4.69, 9.17) is 11.6 Å². The maximum atomic E-state index is 6.21. The number of rotatable bonds is 5. The summed E-state index contributed by atoms with van der Waals surface area (Å²) in [6.07, 6.45) is 5.23. The molecule has 0 saturated carbocycles. The van der Waals surface area contributed by atoms with Crippen molar-refractivity contribution in [2.24, 2.45) is 0 Å². The summed E-state index contributed by atoms with van der Waals surface area (Å²) in [4.78, 5) is 4.48. The van der Waals surface area contributed by atoms with Gasteiger partial charge < -0.3 is 5.32 Å². The third-order valence-electron chi connectivity index (χ3n) is 3.33. The number of aryl methyl sites for hydroxylation is 1. The van der Waals surface area contributed by atoms with E-state index in [0.717, 1.165) is 35.3 Å². The highest BCUT2D eigenvalue weighted by atomic mass is 35.5. The van der Waals surface area contributed by atoms with E-state index in [9.17, 15) is 0 Å². The van der Waals surface area contributed by atoms with Gasteiger partial charge in [0.2, 0.25) is 0 Å². The highest BCUT2D eigenvalue weighted by Crippen LogP contribution is 2.25. The summed E-state index contributed by atoms with van der Waals surface area (Å²) < 4.78 is 0. The summed E-state index contributed by atoms with van der Waals surface area (Å²) in [5.74, 6) is 0. The van der Waals surface area contributed by atoms with Crippen molar-refractivity contribution < 1.29 is 0 Å². The highest BCUT2D eigenvalue weighted by molar-refractivity contribution is 6.35. The van der Waals surface area contributed by atoms with Gasteiger partial charge in [0, 0.05) is 22.1 Å². The zero-order valence-corrected chi connectivity index (χ0v) is 13.3. The first-order chi connectivity index (χ1) is 9.47. The quantitative estimate of drug-likeness (QED) is 0.814. The molecule has 0 radical (unpaired) electrons. The van der Waals surface area contributed by atoms with Crippen LogP contribution in [0.5, 0.6) is 0 Å². The Kier molecular flexibility index (Phi) is 5.00. The van der Waals surface area contributed by atoms with Crippen LogP contribution in [-0.2, 0) is 6.42 Å². The van der Waals surface area contributed by atoms with Crippen molar-refractivity contribution in [3.63, 3.8) is 0 Å². The third kappa shape index (κ3) is 4.19. The van der Waals surface area contributed by atoms with E-state index in [1.807, 2.05) is 24.4 Å². The molecule has 0 aliphatic rings. The predicted octanol–water partition coefficient (Wildman–Crippen LogP) is 4.60. The van der Waals surface area contributed by atoms with Gasteiger partial charge in [-0.05, 0) is 70.3 Å². The standard InChI is InChI=1S/C17H23ClN2/c1-17(2,3)20-12-5-4-7-13-9-10-15(18)14-8-6-11-19-16(13)14/h6,8-11,20H,4-5,7,12H2,1-3H3. The van der Waals surface area contributed by atoms with Gasteiger partial charge in [-0.2, -0.15) is 0 Å². The van der Waals surface area contributed by atoms with Gasteiger partial charge >= 0.3 is 0 Å². The first kappa shape index (κ1) is 15.3. The number of benzene rings is 1. The Labute approximate surface area is 126 Å². The maximum absolute atomic E-state index is 6.21. The molecule has 0 fully saturated rings. The molecule has 20 heavy (non-hydrogen) atoms. The zero-order chi connectivity index (χ0) is 14.6. The van der Waals surface area contributed by atoms with E-state index in [1.54, 1.807) is 0 Å². The molecule has 108 valence electrons. The summed E-state index contributed by atoms with van der Waals surface area (Å²) >= 11 is 6.21. The van der Waals surface area contributed by atoms with Crippen LogP contribution in [0, 0.1) is 0 Å². The average Bonchev–Trinajstić information content (AvgIpc) is 2.40. The Hall–Kier alpha value is -1.12. The lowest BCUT2D eigenvalue weighted by atomic mass is 10.0. The maximum Gasteiger partial charge on any atom is 0.0748 e. The van der Waals surface area contributed by atoms with Crippen LogP contribution in [0.15, 0.2) is 30.5 Å². The molecule has 1 aromatic heterocycles. The Morgan fingerprint density at radius 2 is 1.95 bits per heavy atom. The van der Waals surface area contributed by atoms with Gasteiger partial charge in [0.15, 0.2) is 0 Å². The first-order valence-corrected chi connectivity index (χ1v) is 7.62. The number of hydrogen-bond acceptors (Lipinski definition) is 2. The lowest BCUT2D eigenvalue weighted by Crippen LogP contribution is -2.36. The van der Waals surface area contributed by atoms with Gasteiger partial charge in [-0.3, -0.25) is 4.98 Å². The Bertz CT molecular complexity index is 573. The molecule has 2 rings (SSSR count). The van der Waals surface area contributed by atoms with Gasteiger partial charge in [-0.15, -0.1) is 0 Å². The molecule has 1 aromatic carbocycles. The van der Waals surface area contributed by atoms with Crippen molar-refractivity contribution >= 4 is 22.5 Å². The topological polar surface area (TPSA) is 24.9 Å². The molecule has 0 aliphatic carbocycles. The van der Waals surface area contributed by atoms with Gasteiger partial charge in [0.25, 0.3) is 0 Å². The number of aromatic nitrogens is 1. The number of pyridine rings is 1. The van der Waals surface area contributed by atoms with Crippen molar-refractivity contribution in [1.82, 2.24) is 10.3 Å². The Balaban J connectivity index is 1.95. The number of halogens is 1. The first-order valence-electron chi connectivity index (χ1n) is 7.24. The molecule has 2 aromatic rings. The van der Waals surface area contributed by atoms with Gasteiger partial charge in [-0.25, -0.2) is 0 Å². The summed E-state index contributed by atoms with van der Waals surface area (Å²) in [6, 6.07) is 8.06. The van der Waals surface area contributed by atoms with Crippen LogP contribution in [-0.4, -0.2) is 17.1 Å². The van der Waals surface area contributed by atoms with Crippen molar-refractivity contribution in [3.05, 3.63) is 41.0 Å². The lowest BCUT2D eigenvalue weighted by Gasteiger charge is -2.20. The van der Waals surface area contributed by atoms with Gasteiger partial charge in [-0.1, -0.05) is 17.7 Å². The van der Waals surface area contributed by atoms with E-state index >= 15 is 0 Å². The zero-order valence-electron chi connectivity index (χ0n) is 12.5. The summed E-state index contributed by atoms with van der Waals surface area (Å²) in [5.41, 5.74) is 2.54. The minimum absolute atomic E-state index is 0.203. The van der Waals surface area contributed by atoms with E-state index in [0.29, 0.717) is 0 Å². The Morgan fingerprint density at radius 3 is 2.70 bits per heavy atom. The molecule has 0 unspecified atom stereocenters. The van der Waals surface area contributed by atoms with Crippen molar-refractivity contribution in [3.8, 4) is 0 Å². The van der Waals surface area contributed by atoms with Gasteiger partial charge in [0.1, 0.15) is 0 Å². The van der Waals surface area contributed by atoms with Crippen molar-refractivity contribution in [1.29, 1.82) is 0 Å². The minimum Gasteiger partial charge on any atom is -0.312 e. The van der Waals surface area contributed by atoms with Crippen molar-refractivity contribution in [2.75, 3.05) is 6.54 Å². The molecule has 0 saturated heterocycles. The van der Waals surface area contributed by atoms with E-state index < -0.39 is 0 Å². The van der Waals surface area contributed by atoms with E-state index in [1.165, 1.54) is 12.0 Å². The molecular formula is C17H23ClN2. The number of nitrogens with zero attached hydrogens (tertiary/aromatic N) is 1. The van der Waals surface area contributed by atoms with E-state index in [-0.39, 0.29) is 5.54 Å². The van der Waals surface area contributed by atoms with Crippen LogP contribution in [0.25, 0.3) is 10.9 Å². The second kappa shape index (κ2) is 6.55. The summed E-state index contributed by atoms with van der Waals surface area (Å²) in [6.45, 7) is 7.65. The molecule has 1 N–H and O–H groups in total. The molecule has 0 amide bonds. The predicted molar refractivity (Wildman–Crippen MR) is 87.4 cm³/mol. The number of unbranched alkanes of at least 4 members (excludes halogenated alkanes) is 1. The fourth-order valence-electron chi connectivity index (χ4n) is 2.30. The molecule has 0 bridgehead atoms. The fraction of sp³-hybridized carbons (Fsp3) is 0.471. The van der Waals surface area contributed by atoms with Crippen LogP contribution in [0.4, 0.5) is 0 Å². The monoisotopic (exact) mass is 290 g/mol. The van der Waals surface area contributed by atoms with Crippen LogP contribution in [0.3, 0.4) is 0 Å². The molecule has 0 spiro atoms. The molecule has 3 heteroatoms. The van der Waals surface area contributed by atoms with Crippen LogP contribution in [0.1, 0.15) is 39.2 Å². The lowest BCUT2D eigenvalue weighted by molar-refractivity contribution is 0.419. The van der Waals surface area contributed by atoms with E-state index in [2.05, 4.69) is 37.1 Å². The van der Waals surface area contributed by atoms with Crippen LogP contribution < -0.4 is 5.32 Å². The SMILES string of the molecule is CC(C)(C)NCCCCc1ccc(Cl)c2cccnc12. The summed E-state index contributed by atoms with van der Waals surface area (Å²) in [5, 5.41) is 5.36. The second-order valence-electron chi connectivity index (χ2n) is 6.24. The van der Waals surface area contributed by atoms with Gasteiger partial charge in [0.05, 0.1) is 5.52 Å². The normalized spacial score (nSPS) is 12.0. The molecule has 0 atom stereocenters. The largest absolute Gasteiger partial charge is 0.312 e. The number of fused-ring (bicyclic) bond motifs is 1.